The van der Waals surface area contributed by atoms with Gasteiger partial charge in [-0.05, 0) is 30.3 Å². The second-order valence-electron chi connectivity index (χ2n) is 6.52. The normalized spacial score (nSPS) is 15.0. The van der Waals surface area contributed by atoms with Crippen LogP contribution in [0.25, 0.3) is 0 Å². The van der Waals surface area contributed by atoms with Crippen LogP contribution in [0.3, 0.4) is 0 Å². The number of amides is 2. The summed E-state index contributed by atoms with van der Waals surface area (Å²) >= 11 is 1.29. The van der Waals surface area contributed by atoms with E-state index in [1.165, 1.54) is 27.8 Å². The Balaban J connectivity index is 1.42. The van der Waals surface area contributed by atoms with Gasteiger partial charge in [-0.15, -0.1) is 11.3 Å². The zero-order valence-electron chi connectivity index (χ0n) is 15.9. The highest BCUT2D eigenvalue weighted by atomic mass is 32.2. The molecule has 30 heavy (non-hydrogen) atoms. The Morgan fingerprint density at radius 3 is 2.50 bits per heavy atom. The molecule has 1 fully saturated rings. The largest absolute Gasteiger partial charge is 0.354 e. The van der Waals surface area contributed by atoms with Crippen LogP contribution in [-0.2, 0) is 10.0 Å². The molecule has 0 saturated carbocycles. The lowest BCUT2D eigenvalue weighted by Crippen LogP contribution is -2.48. The Hall–Kier alpha value is -3.02. The Kier molecular flexibility index (Phi) is 5.93. The van der Waals surface area contributed by atoms with Gasteiger partial charge in [-0.1, -0.05) is 12.1 Å². The van der Waals surface area contributed by atoms with Crippen molar-refractivity contribution in [2.75, 3.05) is 41.7 Å². The summed E-state index contributed by atoms with van der Waals surface area (Å²) in [6.45, 7) is 1.84. The van der Waals surface area contributed by atoms with Gasteiger partial charge < -0.3 is 10.2 Å². The van der Waals surface area contributed by atoms with Crippen LogP contribution in [0.2, 0.25) is 0 Å². The van der Waals surface area contributed by atoms with Crippen molar-refractivity contribution >= 4 is 44.0 Å². The molecule has 1 saturated heterocycles. The van der Waals surface area contributed by atoms with Gasteiger partial charge in [0.1, 0.15) is 5.82 Å². The lowest BCUT2D eigenvalue weighted by Gasteiger charge is -2.34. The lowest BCUT2D eigenvalue weighted by atomic mass is 10.3. The molecule has 3 heterocycles. The minimum atomic E-state index is -3.67. The van der Waals surface area contributed by atoms with E-state index >= 15 is 0 Å². The van der Waals surface area contributed by atoms with Crippen LogP contribution in [0.4, 0.5) is 21.4 Å². The number of thiazole rings is 1. The van der Waals surface area contributed by atoms with Crippen LogP contribution in [0.1, 0.15) is 0 Å². The van der Waals surface area contributed by atoms with Gasteiger partial charge in [0.05, 0.1) is 4.90 Å². The summed E-state index contributed by atoms with van der Waals surface area (Å²) in [5.41, 5.74) is 0.386. The van der Waals surface area contributed by atoms with E-state index in [2.05, 4.69) is 25.5 Å². The molecule has 2 N–H and O–H groups in total. The SMILES string of the molecule is O=C(Nc1cccc(S(=O)(=O)N2CCN(c3ccccn3)CC2)c1)Nc1nccs1. The number of piperazine rings is 1. The fraction of sp³-hybridized carbons (Fsp3) is 0.211. The predicted octanol–water partition coefficient (Wildman–Crippen LogP) is 2.69. The Morgan fingerprint density at radius 2 is 1.80 bits per heavy atom. The van der Waals surface area contributed by atoms with Gasteiger partial charge in [0, 0.05) is 49.6 Å². The summed E-state index contributed by atoms with van der Waals surface area (Å²) in [5.74, 6) is 0.840. The first-order chi connectivity index (χ1) is 14.5. The van der Waals surface area contributed by atoms with Crippen LogP contribution in [0.15, 0.2) is 65.1 Å². The average Bonchev–Trinajstić information content (AvgIpc) is 3.27. The number of carbonyl (C=O) groups is 1. The van der Waals surface area contributed by atoms with E-state index in [0.29, 0.717) is 37.0 Å². The number of benzene rings is 1. The topological polar surface area (TPSA) is 108 Å². The Morgan fingerprint density at radius 1 is 0.967 bits per heavy atom. The quantitative estimate of drug-likeness (QED) is 0.627. The second kappa shape index (κ2) is 8.78. The molecule has 1 aliphatic rings. The second-order valence-corrected chi connectivity index (χ2v) is 9.36. The number of sulfonamides is 1. The molecule has 0 unspecified atom stereocenters. The van der Waals surface area contributed by atoms with Crippen LogP contribution in [0, 0.1) is 0 Å². The van der Waals surface area contributed by atoms with E-state index in [-0.39, 0.29) is 4.90 Å². The number of urea groups is 1. The third-order valence-electron chi connectivity index (χ3n) is 4.59. The highest BCUT2D eigenvalue weighted by Crippen LogP contribution is 2.22. The number of anilines is 3. The van der Waals surface area contributed by atoms with Gasteiger partial charge in [0.2, 0.25) is 10.0 Å². The Labute approximate surface area is 178 Å². The van der Waals surface area contributed by atoms with E-state index < -0.39 is 16.1 Å². The molecule has 0 atom stereocenters. The number of nitrogens with zero attached hydrogens (tertiary/aromatic N) is 4. The summed E-state index contributed by atoms with van der Waals surface area (Å²) in [6, 6.07) is 11.4. The molecule has 156 valence electrons. The molecular weight excluding hydrogens is 424 g/mol. The summed E-state index contributed by atoms with van der Waals surface area (Å²) in [6.07, 6.45) is 3.31. The molecular formula is C19H20N6O3S2. The number of rotatable bonds is 5. The zero-order valence-corrected chi connectivity index (χ0v) is 17.6. The van der Waals surface area contributed by atoms with E-state index in [4.69, 9.17) is 0 Å². The van der Waals surface area contributed by atoms with Crippen molar-refractivity contribution in [1.29, 1.82) is 0 Å². The first-order valence-corrected chi connectivity index (χ1v) is 11.6. The summed E-state index contributed by atoms with van der Waals surface area (Å²) in [5, 5.41) is 7.45. The standard InChI is InChI=1S/C19H20N6O3S2/c26-18(23-19-21-8-13-29-19)22-15-4-3-5-16(14-15)30(27,28)25-11-9-24(10-12-25)17-6-1-2-7-20-17/h1-8,13-14H,9-12H2,(H2,21,22,23,26). The maximum Gasteiger partial charge on any atom is 0.325 e. The number of aromatic nitrogens is 2. The lowest BCUT2D eigenvalue weighted by molar-refractivity contribution is 0.262. The van der Waals surface area contributed by atoms with Gasteiger partial charge in [-0.3, -0.25) is 5.32 Å². The average molecular weight is 445 g/mol. The van der Waals surface area contributed by atoms with E-state index in [9.17, 15) is 13.2 Å². The molecule has 3 aromatic rings. The molecule has 0 radical (unpaired) electrons. The number of nitrogens with one attached hydrogen (secondary N) is 2. The molecule has 9 nitrogen and oxygen atoms in total. The van der Waals surface area contributed by atoms with Crippen molar-refractivity contribution in [3.63, 3.8) is 0 Å². The summed E-state index contributed by atoms with van der Waals surface area (Å²) in [7, 11) is -3.67. The van der Waals surface area contributed by atoms with E-state index in [1.807, 2.05) is 18.2 Å². The van der Waals surface area contributed by atoms with Crippen molar-refractivity contribution in [1.82, 2.24) is 14.3 Å². The molecule has 1 aromatic carbocycles. The van der Waals surface area contributed by atoms with Crippen molar-refractivity contribution in [3.8, 4) is 0 Å². The smallest absolute Gasteiger partial charge is 0.325 e. The van der Waals surface area contributed by atoms with Gasteiger partial charge in [0.25, 0.3) is 0 Å². The molecule has 1 aliphatic heterocycles. The van der Waals surface area contributed by atoms with Gasteiger partial charge in [-0.25, -0.2) is 23.2 Å². The molecule has 0 aliphatic carbocycles. The number of hydrogen-bond acceptors (Lipinski definition) is 7. The molecule has 0 bridgehead atoms. The highest BCUT2D eigenvalue weighted by Gasteiger charge is 2.29. The van der Waals surface area contributed by atoms with E-state index in [0.717, 1.165) is 5.82 Å². The predicted molar refractivity (Wildman–Crippen MR) is 116 cm³/mol. The van der Waals surface area contributed by atoms with Crippen LogP contribution >= 0.6 is 11.3 Å². The van der Waals surface area contributed by atoms with Crippen LogP contribution in [-0.4, -0.2) is 54.9 Å². The third-order valence-corrected chi connectivity index (χ3v) is 7.18. The van der Waals surface area contributed by atoms with Gasteiger partial charge >= 0.3 is 6.03 Å². The van der Waals surface area contributed by atoms with Crippen molar-refractivity contribution in [2.24, 2.45) is 0 Å². The number of pyridine rings is 1. The summed E-state index contributed by atoms with van der Waals surface area (Å²) in [4.78, 5) is 22.6. The van der Waals surface area contributed by atoms with Gasteiger partial charge in [0.15, 0.2) is 5.13 Å². The zero-order chi connectivity index (χ0) is 21.0. The third kappa shape index (κ3) is 4.58. The molecule has 2 aromatic heterocycles. The van der Waals surface area contributed by atoms with Crippen LogP contribution in [0.5, 0.6) is 0 Å². The number of carbonyl (C=O) groups excluding carboxylic acids is 1. The van der Waals surface area contributed by atoms with E-state index in [1.54, 1.807) is 29.9 Å². The first kappa shape index (κ1) is 20.3. The first-order valence-electron chi connectivity index (χ1n) is 9.26. The minimum Gasteiger partial charge on any atom is -0.354 e. The number of hydrogen-bond donors (Lipinski definition) is 2. The molecule has 0 spiro atoms. The maximum atomic E-state index is 13.1. The van der Waals surface area contributed by atoms with Crippen molar-refractivity contribution in [2.45, 2.75) is 4.90 Å². The molecule has 11 heteroatoms. The van der Waals surface area contributed by atoms with Gasteiger partial charge in [-0.2, -0.15) is 4.31 Å². The summed E-state index contributed by atoms with van der Waals surface area (Å²) < 4.78 is 27.6. The minimum absolute atomic E-state index is 0.140. The fourth-order valence-electron chi connectivity index (χ4n) is 3.13. The highest BCUT2D eigenvalue weighted by molar-refractivity contribution is 7.89. The fourth-order valence-corrected chi connectivity index (χ4v) is 5.12. The molecule has 4 rings (SSSR count). The molecule has 2 amide bonds. The monoisotopic (exact) mass is 444 g/mol. The van der Waals surface area contributed by atoms with Crippen molar-refractivity contribution in [3.05, 3.63) is 60.2 Å². The van der Waals surface area contributed by atoms with Crippen molar-refractivity contribution < 1.29 is 13.2 Å². The Bertz CT molecular complexity index is 1100. The maximum absolute atomic E-state index is 13.1. The van der Waals surface area contributed by atoms with Crippen LogP contribution < -0.4 is 15.5 Å².